The minimum Gasteiger partial charge on any atom is -0.478 e. The Balaban J connectivity index is 2.84. The first-order valence-electron chi connectivity index (χ1n) is 6.05. The highest BCUT2D eigenvalue weighted by Gasteiger charge is 2.21. The molecule has 1 N–H and O–H groups in total. The van der Waals surface area contributed by atoms with E-state index in [4.69, 9.17) is 5.11 Å². The molecule has 7 heteroatoms. The van der Waals surface area contributed by atoms with Gasteiger partial charge in [-0.2, -0.15) is 4.31 Å². The van der Waals surface area contributed by atoms with Crippen LogP contribution in [-0.4, -0.2) is 42.4 Å². The second-order valence-corrected chi connectivity index (χ2v) is 6.22. The van der Waals surface area contributed by atoms with E-state index in [0.717, 1.165) is 25.5 Å². The molecule has 19 heavy (non-hydrogen) atoms. The number of rotatable bonds is 7. The lowest BCUT2D eigenvalue weighted by atomic mass is 10.2. The van der Waals surface area contributed by atoms with E-state index in [9.17, 15) is 13.2 Å². The van der Waals surface area contributed by atoms with Crippen LogP contribution in [0.15, 0.2) is 23.4 Å². The summed E-state index contributed by atoms with van der Waals surface area (Å²) in [6.45, 7) is 2.47. The van der Waals surface area contributed by atoms with Gasteiger partial charge in [-0.05, 0) is 18.6 Å². The normalized spacial score (nSPS) is 11.7. The number of aromatic nitrogens is 1. The summed E-state index contributed by atoms with van der Waals surface area (Å²) in [5, 5.41) is 8.60. The van der Waals surface area contributed by atoms with E-state index in [1.807, 2.05) is 6.92 Å². The number of unbranched alkanes of at least 4 members (excludes halogenated alkanes) is 2. The number of hydrogen-bond acceptors (Lipinski definition) is 4. The fourth-order valence-corrected chi connectivity index (χ4v) is 2.64. The number of carboxylic acid groups (broad SMARTS) is 1. The predicted octanol–water partition coefficient (Wildman–Crippen LogP) is 1.59. The van der Waals surface area contributed by atoms with Crippen molar-refractivity contribution in [2.75, 3.05) is 13.6 Å². The standard InChI is InChI=1S/C12H18N2O4S/c1-3-4-5-8-14(2)19(17,18)11-7-6-10(9-13-11)12(15)16/h6-7,9H,3-5,8H2,1-2H3,(H,15,16). The van der Waals surface area contributed by atoms with E-state index in [-0.39, 0.29) is 10.6 Å². The number of aromatic carboxylic acids is 1. The number of pyridine rings is 1. The first-order valence-corrected chi connectivity index (χ1v) is 7.49. The lowest BCUT2D eigenvalue weighted by Crippen LogP contribution is -2.28. The van der Waals surface area contributed by atoms with Gasteiger partial charge in [0, 0.05) is 19.8 Å². The third-order valence-electron chi connectivity index (χ3n) is 2.73. The molecular formula is C12H18N2O4S. The summed E-state index contributed by atoms with van der Waals surface area (Å²) in [5.41, 5.74) is -0.0346. The summed E-state index contributed by atoms with van der Waals surface area (Å²) < 4.78 is 25.5. The van der Waals surface area contributed by atoms with Crippen molar-refractivity contribution in [2.45, 2.75) is 31.2 Å². The van der Waals surface area contributed by atoms with Gasteiger partial charge in [-0.1, -0.05) is 19.8 Å². The zero-order chi connectivity index (χ0) is 14.5. The summed E-state index contributed by atoms with van der Waals surface area (Å²) >= 11 is 0. The Morgan fingerprint density at radius 2 is 2.05 bits per heavy atom. The largest absolute Gasteiger partial charge is 0.478 e. The first-order chi connectivity index (χ1) is 8.89. The highest BCUT2D eigenvalue weighted by atomic mass is 32.2. The minimum atomic E-state index is -3.63. The molecule has 1 aromatic rings. The summed E-state index contributed by atoms with van der Waals surface area (Å²) in [4.78, 5) is 14.4. The quantitative estimate of drug-likeness (QED) is 0.769. The van der Waals surface area contributed by atoms with E-state index >= 15 is 0 Å². The molecule has 0 saturated heterocycles. The van der Waals surface area contributed by atoms with Crippen LogP contribution in [0, 0.1) is 0 Å². The van der Waals surface area contributed by atoms with Gasteiger partial charge in [0.1, 0.15) is 0 Å². The van der Waals surface area contributed by atoms with Crippen LogP contribution in [0.1, 0.15) is 36.5 Å². The Kier molecular flexibility index (Phi) is 5.44. The van der Waals surface area contributed by atoms with Crippen molar-refractivity contribution in [3.05, 3.63) is 23.9 Å². The van der Waals surface area contributed by atoms with Crippen LogP contribution < -0.4 is 0 Å². The lowest BCUT2D eigenvalue weighted by molar-refractivity contribution is 0.0696. The molecule has 0 amide bonds. The molecule has 0 aromatic carbocycles. The van der Waals surface area contributed by atoms with Gasteiger partial charge < -0.3 is 5.11 Å². The van der Waals surface area contributed by atoms with Crippen LogP contribution >= 0.6 is 0 Å². The van der Waals surface area contributed by atoms with E-state index < -0.39 is 16.0 Å². The molecule has 1 heterocycles. The highest BCUT2D eigenvalue weighted by molar-refractivity contribution is 7.89. The molecule has 0 atom stereocenters. The Morgan fingerprint density at radius 3 is 2.53 bits per heavy atom. The molecule has 1 aromatic heterocycles. The topological polar surface area (TPSA) is 87.6 Å². The van der Waals surface area contributed by atoms with Gasteiger partial charge in [0.15, 0.2) is 5.03 Å². The second-order valence-electron chi connectivity index (χ2n) is 4.22. The molecule has 0 fully saturated rings. The SMILES string of the molecule is CCCCCN(C)S(=O)(=O)c1ccc(C(=O)O)cn1. The monoisotopic (exact) mass is 286 g/mol. The van der Waals surface area contributed by atoms with Gasteiger partial charge in [-0.3, -0.25) is 0 Å². The van der Waals surface area contributed by atoms with Crippen molar-refractivity contribution >= 4 is 16.0 Å². The molecule has 6 nitrogen and oxygen atoms in total. The molecule has 0 aliphatic carbocycles. The third-order valence-corrected chi connectivity index (χ3v) is 4.51. The number of hydrogen-bond donors (Lipinski definition) is 1. The van der Waals surface area contributed by atoms with Crippen LogP contribution in [0.5, 0.6) is 0 Å². The van der Waals surface area contributed by atoms with Crippen molar-refractivity contribution in [1.29, 1.82) is 0 Å². The van der Waals surface area contributed by atoms with Crippen LogP contribution in [0.2, 0.25) is 0 Å². The maximum absolute atomic E-state index is 12.1. The van der Waals surface area contributed by atoms with Gasteiger partial charge in [0.05, 0.1) is 5.56 Å². The molecule has 0 aliphatic rings. The van der Waals surface area contributed by atoms with E-state index in [1.54, 1.807) is 0 Å². The van der Waals surface area contributed by atoms with E-state index in [0.29, 0.717) is 6.54 Å². The van der Waals surface area contributed by atoms with Crippen molar-refractivity contribution in [3.8, 4) is 0 Å². The fourth-order valence-electron chi connectivity index (χ4n) is 1.52. The van der Waals surface area contributed by atoms with Crippen molar-refractivity contribution < 1.29 is 18.3 Å². The number of carbonyl (C=O) groups is 1. The Hall–Kier alpha value is -1.47. The molecule has 0 spiro atoms. The van der Waals surface area contributed by atoms with E-state index in [1.165, 1.54) is 23.5 Å². The highest BCUT2D eigenvalue weighted by Crippen LogP contribution is 2.13. The van der Waals surface area contributed by atoms with Crippen LogP contribution in [0.3, 0.4) is 0 Å². The maximum Gasteiger partial charge on any atom is 0.337 e. The molecule has 1 rings (SSSR count). The molecule has 0 unspecified atom stereocenters. The van der Waals surface area contributed by atoms with Crippen molar-refractivity contribution in [2.24, 2.45) is 0 Å². The molecule has 0 bridgehead atoms. The van der Waals surface area contributed by atoms with Gasteiger partial charge in [0.25, 0.3) is 10.0 Å². The summed E-state index contributed by atoms with van der Waals surface area (Å²) in [7, 11) is -2.13. The fraction of sp³-hybridized carbons (Fsp3) is 0.500. The third kappa shape index (κ3) is 4.00. The van der Waals surface area contributed by atoms with Crippen molar-refractivity contribution in [3.63, 3.8) is 0 Å². The van der Waals surface area contributed by atoms with Gasteiger partial charge >= 0.3 is 5.97 Å². The Morgan fingerprint density at radius 1 is 1.37 bits per heavy atom. The molecular weight excluding hydrogens is 268 g/mol. The number of nitrogens with zero attached hydrogens (tertiary/aromatic N) is 2. The van der Waals surface area contributed by atoms with Crippen LogP contribution in [0.4, 0.5) is 0 Å². The number of sulfonamides is 1. The second kappa shape index (κ2) is 6.63. The smallest absolute Gasteiger partial charge is 0.337 e. The van der Waals surface area contributed by atoms with Crippen molar-refractivity contribution in [1.82, 2.24) is 9.29 Å². The average molecular weight is 286 g/mol. The molecule has 106 valence electrons. The molecule has 0 aliphatic heterocycles. The van der Waals surface area contributed by atoms with Crippen LogP contribution in [0.25, 0.3) is 0 Å². The minimum absolute atomic E-state index is 0.0346. The average Bonchev–Trinajstić information content (AvgIpc) is 2.39. The maximum atomic E-state index is 12.1. The Labute approximate surface area is 113 Å². The van der Waals surface area contributed by atoms with Gasteiger partial charge in [-0.25, -0.2) is 18.2 Å². The molecule has 0 saturated carbocycles. The number of carboxylic acids is 1. The van der Waals surface area contributed by atoms with E-state index in [2.05, 4.69) is 4.98 Å². The molecule has 0 radical (unpaired) electrons. The summed E-state index contributed by atoms with van der Waals surface area (Å²) in [5.74, 6) is -1.13. The zero-order valence-electron chi connectivity index (χ0n) is 11.0. The summed E-state index contributed by atoms with van der Waals surface area (Å²) in [6, 6.07) is 2.46. The summed E-state index contributed by atoms with van der Waals surface area (Å²) in [6.07, 6.45) is 3.82. The zero-order valence-corrected chi connectivity index (χ0v) is 11.9. The van der Waals surface area contributed by atoms with Gasteiger partial charge in [-0.15, -0.1) is 0 Å². The predicted molar refractivity (Wildman–Crippen MR) is 70.5 cm³/mol. The first kappa shape index (κ1) is 15.6. The Bertz CT molecular complexity index is 525. The van der Waals surface area contributed by atoms with Gasteiger partial charge in [0.2, 0.25) is 0 Å². The van der Waals surface area contributed by atoms with Crippen LogP contribution in [-0.2, 0) is 10.0 Å². The lowest BCUT2D eigenvalue weighted by Gasteiger charge is -2.16.